The summed E-state index contributed by atoms with van der Waals surface area (Å²) in [4.78, 5) is 24.6. The first-order chi connectivity index (χ1) is 11.2. The molecule has 3 rings (SSSR count). The molecule has 6 nitrogen and oxygen atoms in total. The first-order valence-corrected chi connectivity index (χ1v) is 8.07. The molecule has 0 spiro atoms. The van der Waals surface area contributed by atoms with Crippen molar-refractivity contribution in [3.63, 3.8) is 0 Å². The molecular weight excluding hydrogens is 316 g/mol. The monoisotopic (exact) mass is 332 g/mol. The zero-order valence-electron chi connectivity index (χ0n) is 12.3. The summed E-state index contributed by atoms with van der Waals surface area (Å²) in [5.74, 6) is 1.04. The van der Waals surface area contributed by atoms with Crippen LogP contribution in [0.15, 0.2) is 35.7 Å². The number of fused-ring (bicyclic) bond motifs is 1. The van der Waals surface area contributed by atoms with Crippen molar-refractivity contribution in [1.82, 2.24) is 5.32 Å². The van der Waals surface area contributed by atoms with Crippen molar-refractivity contribution in [3.8, 4) is 11.5 Å². The molecular formula is C16H16N2O4S. The highest BCUT2D eigenvalue weighted by atomic mass is 32.1. The lowest BCUT2D eigenvalue weighted by Crippen LogP contribution is -2.28. The Balaban J connectivity index is 1.40. The number of anilines is 1. The topological polar surface area (TPSA) is 76.7 Å². The van der Waals surface area contributed by atoms with E-state index >= 15 is 0 Å². The molecule has 23 heavy (non-hydrogen) atoms. The van der Waals surface area contributed by atoms with Crippen LogP contribution in [-0.2, 0) is 16.0 Å². The average molecular weight is 332 g/mol. The number of amides is 2. The Kier molecular flexibility index (Phi) is 4.77. The van der Waals surface area contributed by atoms with Crippen LogP contribution in [0.3, 0.4) is 0 Å². The number of benzene rings is 1. The number of carbonyl (C=O) groups is 2. The lowest BCUT2D eigenvalue weighted by atomic mass is 10.2. The van der Waals surface area contributed by atoms with Gasteiger partial charge < -0.3 is 20.1 Å². The maximum Gasteiger partial charge on any atom is 0.231 e. The third-order valence-corrected chi connectivity index (χ3v) is 4.12. The third kappa shape index (κ3) is 4.23. The summed E-state index contributed by atoms with van der Waals surface area (Å²) in [5.41, 5.74) is 0.643. The number of rotatable bonds is 6. The van der Waals surface area contributed by atoms with Crippen molar-refractivity contribution in [2.45, 2.75) is 12.8 Å². The fourth-order valence-electron chi connectivity index (χ4n) is 2.15. The molecule has 7 heteroatoms. The minimum atomic E-state index is -0.166. The van der Waals surface area contributed by atoms with Crippen LogP contribution in [0.5, 0.6) is 11.5 Å². The summed E-state index contributed by atoms with van der Waals surface area (Å²) in [6, 6.07) is 9.04. The van der Waals surface area contributed by atoms with Gasteiger partial charge in [0.25, 0.3) is 0 Å². The minimum absolute atomic E-state index is 0.0803. The maximum atomic E-state index is 11.9. The summed E-state index contributed by atoms with van der Waals surface area (Å²) < 4.78 is 10.5. The molecule has 1 aliphatic rings. The number of nitrogens with one attached hydrogen (secondary N) is 2. The molecule has 2 heterocycles. The van der Waals surface area contributed by atoms with E-state index in [1.54, 1.807) is 29.5 Å². The van der Waals surface area contributed by atoms with Gasteiger partial charge in [-0.15, -0.1) is 11.3 Å². The molecule has 0 radical (unpaired) electrons. The standard InChI is InChI=1S/C16H16N2O4S/c19-15(5-6-17-16(20)9-12-2-1-7-23-12)18-11-3-4-13-14(8-11)22-10-21-13/h1-4,7-8H,5-6,9-10H2,(H,17,20)(H,18,19). The molecule has 2 N–H and O–H groups in total. The second-order valence-electron chi connectivity index (χ2n) is 4.97. The van der Waals surface area contributed by atoms with E-state index in [2.05, 4.69) is 10.6 Å². The van der Waals surface area contributed by atoms with E-state index in [0.29, 0.717) is 30.2 Å². The van der Waals surface area contributed by atoms with E-state index in [1.165, 1.54) is 0 Å². The second kappa shape index (κ2) is 7.15. The quantitative estimate of drug-likeness (QED) is 0.850. The molecule has 0 atom stereocenters. The number of hydrogen-bond acceptors (Lipinski definition) is 5. The number of hydrogen-bond donors (Lipinski definition) is 2. The fraction of sp³-hybridized carbons (Fsp3) is 0.250. The minimum Gasteiger partial charge on any atom is -0.454 e. The molecule has 0 bridgehead atoms. The predicted octanol–water partition coefficient (Wildman–Crippen LogP) is 2.16. The Morgan fingerprint density at radius 1 is 1.13 bits per heavy atom. The van der Waals surface area contributed by atoms with Crippen LogP contribution < -0.4 is 20.1 Å². The molecule has 0 saturated heterocycles. The Morgan fingerprint density at radius 3 is 2.83 bits per heavy atom. The van der Waals surface area contributed by atoms with Crippen LogP contribution in [0, 0.1) is 0 Å². The fourth-order valence-corrected chi connectivity index (χ4v) is 2.85. The zero-order valence-corrected chi connectivity index (χ0v) is 13.2. The van der Waals surface area contributed by atoms with Crippen molar-refractivity contribution in [1.29, 1.82) is 0 Å². The van der Waals surface area contributed by atoms with Crippen molar-refractivity contribution in [2.24, 2.45) is 0 Å². The Labute approximate surface area is 137 Å². The molecule has 120 valence electrons. The first kappa shape index (κ1) is 15.4. The summed E-state index contributed by atoms with van der Waals surface area (Å²) in [5, 5.41) is 7.44. The van der Waals surface area contributed by atoms with Gasteiger partial charge in [0.1, 0.15) is 0 Å². The Morgan fingerprint density at radius 2 is 2.00 bits per heavy atom. The third-order valence-electron chi connectivity index (χ3n) is 3.25. The van der Waals surface area contributed by atoms with Gasteiger partial charge in [0.2, 0.25) is 18.6 Å². The van der Waals surface area contributed by atoms with E-state index in [4.69, 9.17) is 9.47 Å². The van der Waals surface area contributed by atoms with E-state index in [0.717, 1.165) is 4.88 Å². The second-order valence-corrected chi connectivity index (χ2v) is 6.00. The lowest BCUT2D eigenvalue weighted by Gasteiger charge is -2.07. The van der Waals surface area contributed by atoms with E-state index in [1.807, 2.05) is 17.5 Å². The van der Waals surface area contributed by atoms with Gasteiger partial charge in [-0.2, -0.15) is 0 Å². The molecule has 0 aliphatic carbocycles. The van der Waals surface area contributed by atoms with Gasteiger partial charge in [0.05, 0.1) is 6.42 Å². The molecule has 1 aromatic heterocycles. The normalized spacial score (nSPS) is 12.0. The number of ether oxygens (including phenoxy) is 2. The molecule has 1 aliphatic heterocycles. The molecule has 2 aromatic rings. The Hall–Kier alpha value is -2.54. The zero-order chi connectivity index (χ0) is 16.1. The smallest absolute Gasteiger partial charge is 0.231 e. The average Bonchev–Trinajstić information content (AvgIpc) is 3.17. The van der Waals surface area contributed by atoms with Gasteiger partial charge in [-0.1, -0.05) is 6.07 Å². The van der Waals surface area contributed by atoms with Crippen LogP contribution in [0.1, 0.15) is 11.3 Å². The van der Waals surface area contributed by atoms with Crippen LogP contribution >= 0.6 is 11.3 Å². The summed E-state index contributed by atoms with van der Waals surface area (Å²) in [7, 11) is 0. The highest BCUT2D eigenvalue weighted by molar-refractivity contribution is 7.10. The largest absolute Gasteiger partial charge is 0.454 e. The Bertz CT molecular complexity index is 700. The van der Waals surface area contributed by atoms with Crippen LogP contribution in [0.25, 0.3) is 0 Å². The van der Waals surface area contributed by atoms with Crippen LogP contribution in [0.2, 0.25) is 0 Å². The van der Waals surface area contributed by atoms with E-state index in [-0.39, 0.29) is 25.0 Å². The summed E-state index contributed by atoms with van der Waals surface area (Å²) >= 11 is 1.54. The summed E-state index contributed by atoms with van der Waals surface area (Å²) in [6.45, 7) is 0.504. The molecule has 0 fully saturated rings. The first-order valence-electron chi connectivity index (χ1n) is 7.19. The van der Waals surface area contributed by atoms with E-state index in [9.17, 15) is 9.59 Å². The van der Waals surface area contributed by atoms with Crippen LogP contribution in [0.4, 0.5) is 5.69 Å². The molecule has 0 saturated carbocycles. The van der Waals surface area contributed by atoms with Crippen molar-refractivity contribution in [3.05, 3.63) is 40.6 Å². The van der Waals surface area contributed by atoms with Crippen molar-refractivity contribution in [2.75, 3.05) is 18.7 Å². The molecule has 0 unspecified atom stereocenters. The van der Waals surface area contributed by atoms with Crippen LogP contribution in [-0.4, -0.2) is 25.2 Å². The summed E-state index contributed by atoms with van der Waals surface area (Å²) in [6.07, 6.45) is 0.562. The maximum absolute atomic E-state index is 11.9. The van der Waals surface area contributed by atoms with Gasteiger partial charge in [0, 0.05) is 29.6 Å². The number of thiophene rings is 1. The highest BCUT2D eigenvalue weighted by Gasteiger charge is 2.14. The molecule has 2 amide bonds. The van der Waals surface area contributed by atoms with Gasteiger partial charge in [-0.25, -0.2) is 0 Å². The molecule has 1 aromatic carbocycles. The van der Waals surface area contributed by atoms with Crippen molar-refractivity contribution < 1.29 is 19.1 Å². The van der Waals surface area contributed by atoms with Gasteiger partial charge in [-0.05, 0) is 23.6 Å². The number of carbonyl (C=O) groups excluding carboxylic acids is 2. The highest BCUT2D eigenvalue weighted by Crippen LogP contribution is 2.34. The van der Waals surface area contributed by atoms with Crippen molar-refractivity contribution >= 4 is 28.8 Å². The SMILES string of the molecule is O=C(Cc1cccs1)NCCC(=O)Nc1ccc2c(c1)OCO2. The van der Waals surface area contributed by atoms with Gasteiger partial charge in [-0.3, -0.25) is 9.59 Å². The van der Waals surface area contributed by atoms with Gasteiger partial charge >= 0.3 is 0 Å². The van der Waals surface area contributed by atoms with Gasteiger partial charge in [0.15, 0.2) is 11.5 Å². The van der Waals surface area contributed by atoms with E-state index < -0.39 is 0 Å². The lowest BCUT2D eigenvalue weighted by molar-refractivity contribution is -0.120. The predicted molar refractivity (Wildman–Crippen MR) is 86.8 cm³/mol.